The summed E-state index contributed by atoms with van der Waals surface area (Å²) in [6, 6.07) is 3.57. The Balaban J connectivity index is 2.11. The minimum Gasteiger partial charge on any atom is -0.480 e. The molecule has 136 valence electrons. The van der Waals surface area contributed by atoms with Gasteiger partial charge >= 0.3 is 12.0 Å². The van der Waals surface area contributed by atoms with Crippen LogP contribution in [0.25, 0.3) is 0 Å². The van der Waals surface area contributed by atoms with Crippen molar-refractivity contribution in [3.63, 3.8) is 0 Å². The Labute approximate surface area is 156 Å². The van der Waals surface area contributed by atoms with Crippen LogP contribution in [0.15, 0.2) is 30.0 Å². The molecule has 0 radical (unpaired) electrons. The van der Waals surface area contributed by atoms with Gasteiger partial charge in [-0.05, 0) is 24.3 Å². The van der Waals surface area contributed by atoms with Gasteiger partial charge in [0.15, 0.2) is 0 Å². The molecular weight excluding hydrogens is 367 g/mol. The van der Waals surface area contributed by atoms with Crippen LogP contribution in [0.1, 0.15) is 20.8 Å². The summed E-state index contributed by atoms with van der Waals surface area (Å²) in [6.07, 6.45) is 0.787. The summed E-state index contributed by atoms with van der Waals surface area (Å²) in [6.45, 7) is 5.85. The van der Waals surface area contributed by atoms with Gasteiger partial charge in [-0.2, -0.15) is 0 Å². The summed E-state index contributed by atoms with van der Waals surface area (Å²) in [5.41, 5.74) is 0.170. The Morgan fingerprint density at radius 3 is 2.44 bits per heavy atom. The number of hydrogen-bond donors (Lipinski definition) is 2. The van der Waals surface area contributed by atoms with Crippen LogP contribution in [-0.4, -0.2) is 31.3 Å². The van der Waals surface area contributed by atoms with Crippen LogP contribution in [0.2, 0.25) is 10.0 Å². The van der Waals surface area contributed by atoms with Gasteiger partial charge < -0.3 is 20.1 Å². The molecule has 0 bridgehead atoms. The second-order valence-electron chi connectivity index (χ2n) is 6.60. The van der Waals surface area contributed by atoms with E-state index >= 15 is 0 Å². The maximum absolute atomic E-state index is 12.2. The largest absolute Gasteiger partial charge is 0.480 e. The molecule has 2 amide bonds. The predicted molar refractivity (Wildman–Crippen MR) is 96.8 cm³/mol. The van der Waals surface area contributed by atoms with E-state index in [-0.39, 0.29) is 5.41 Å². The molecule has 0 aromatic heterocycles. The van der Waals surface area contributed by atoms with Crippen molar-refractivity contribution in [2.24, 2.45) is 5.41 Å². The number of hydrogen-bond acceptors (Lipinski definition) is 4. The quantitative estimate of drug-likeness (QED) is 0.770. The zero-order valence-electron chi connectivity index (χ0n) is 14.4. The second kappa shape index (κ2) is 7.54. The van der Waals surface area contributed by atoms with Crippen LogP contribution >= 0.6 is 23.2 Å². The van der Waals surface area contributed by atoms with Crippen LogP contribution < -0.4 is 10.6 Å². The number of urea groups is 1. The zero-order valence-corrected chi connectivity index (χ0v) is 15.9. The number of allylic oxidation sites excluding steroid dienone is 1. The SMILES string of the molecule is COC(=O)C1OC(C(C)(C)C)=CC1NC(=O)Nc1ccc(Cl)c(Cl)c1. The van der Waals surface area contributed by atoms with E-state index < -0.39 is 24.1 Å². The molecule has 2 N–H and O–H groups in total. The molecule has 6 nitrogen and oxygen atoms in total. The average molecular weight is 387 g/mol. The number of halogens is 2. The van der Waals surface area contributed by atoms with Crippen LogP contribution in [0, 0.1) is 5.41 Å². The number of carbonyl (C=O) groups excluding carboxylic acids is 2. The first-order valence-corrected chi connectivity index (χ1v) is 8.37. The lowest BCUT2D eigenvalue weighted by atomic mass is 9.93. The van der Waals surface area contributed by atoms with Crippen LogP contribution in [0.3, 0.4) is 0 Å². The van der Waals surface area contributed by atoms with Crippen LogP contribution in [-0.2, 0) is 14.3 Å². The fourth-order valence-corrected chi connectivity index (χ4v) is 2.55. The van der Waals surface area contributed by atoms with Crippen molar-refractivity contribution in [1.29, 1.82) is 0 Å². The van der Waals surface area contributed by atoms with Gasteiger partial charge in [0.25, 0.3) is 0 Å². The standard InChI is InChI=1S/C17H20Cl2N2O4/c1-17(2,3)13-8-12(14(25-13)15(22)24-4)21-16(23)20-9-5-6-10(18)11(19)7-9/h5-8,12,14H,1-4H3,(H2,20,21,23). The van der Waals surface area contributed by atoms with Gasteiger partial charge in [-0.1, -0.05) is 44.0 Å². The van der Waals surface area contributed by atoms with E-state index in [2.05, 4.69) is 10.6 Å². The third kappa shape index (κ3) is 4.80. The first-order valence-electron chi connectivity index (χ1n) is 7.61. The number of ether oxygens (including phenoxy) is 2. The highest BCUT2D eigenvalue weighted by Gasteiger charge is 2.40. The molecule has 1 aromatic carbocycles. The van der Waals surface area contributed by atoms with Gasteiger partial charge in [0.1, 0.15) is 11.8 Å². The van der Waals surface area contributed by atoms with Gasteiger partial charge in [-0.3, -0.25) is 0 Å². The first kappa shape index (κ1) is 19.4. The molecule has 0 fully saturated rings. The van der Waals surface area contributed by atoms with Gasteiger partial charge in [-0.25, -0.2) is 9.59 Å². The number of esters is 1. The number of amides is 2. The molecule has 1 heterocycles. The van der Waals surface area contributed by atoms with Crippen LogP contribution in [0.4, 0.5) is 10.5 Å². The Bertz CT molecular complexity index is 713. The van der Waals surface area contributed by atoms with Gasteiger partial charge in [0.2, 0.25) is 6.10 Å². The van der Waals surface area contributed by atoms with E-state index in [0.717, 1.165) is 0 Å². The van der Waals surface area contributed by atoms with E-state index in [1.54, 1.807) is 18.2 Å². The van der Waals surface area contributed by atoms with E-state index in [0.29, 0.717) is 21.5 Å². The number of rotatable bonds is 3. The molecule has 1 aliphatic heterocycles. The Kier molecular flexibility index (Phi) is 5.85. The summed E-state index contributed by atoms with van der Waals surface area (Å²) < 4.78 is 10.4. The first-order chi connectivity index (χ1) is 11.6. The molecular formula is C17H20Cl2N2O4. The number of methoxy groups -OCH3 is 1. The van der Waals surface area contributed by atoms with E-state index in [4.69, 9.17) is 32.7 Å². The van der Waals surface area contributed by atoms with Crippen molar-refractivity contribution in [3.05, 3.63) is 40.1 Å². The molecule has 8 heteroatoms. The van der Waals surface area contributed by atoms with Crippen molar-refractivity contribution in [3.8, 4) is 0 Å². The molecule has 0 saturated carbocycles. The number of carbonyl (C=O) groups is 2. The topological polar surface area (TPSA) is 76.7 Å². The fraction of sp³-hybridized carbons (Fsp3) is 0.412. The van der Waals surface area contributed by atoms with Gasteiger partial charge in [0, 0.05) is 11.1 Å². The van der Waals surface area contributed by atoms with E-state index in [1.807, 2.05) is 20.8 Å². The summed E-state index contributed by atoms with van der Waals surface area (Å²) in [4.78, 5) is 24.2. The van der Waals surface area contributed by atoms with E-state index in [9.17, 15) is 9.59 Å². The molecule has 0 spiro atoms. The normalized spacial score (nSPS) is 19.7. The van der Waals surface area contributed by atoms with E-state index in [1.165, 1.54) is 13.2 Å². The molecule has 2 rings (SSSR count). The Morgan fingerprint density at radius 1 is 1.20 bits per heavy atom. The predicted octanol–water partition coefficient (Wildman–Crippen LogP) is 3.99. The minimum atomic E-state index is -0.932. The van der Waals surface area contributed by atoms with Crippen molar-refractivity contribution >= 4 is 40.9 Å². The van der Waals surface area contributed by atoms with Crippen molar-refractivity contribution in [1.82, 2.24) is 5.32 Å². The number of benzene rings is 1. The molecule has 0 saturated heterocycles. The molecule has 0 aliphatic carbocycles. The van der Waals surface area contributed by atoms with Gasteiger partial charge in [-0.15, -0.1) is 0 Å². The lowest BCUT2D eigenvalue weighted by Gasteiger charge is -2.22. The summed E-state index contributed by atoms with van der Waals surface area (Å²) in [5.74, 6) is 0.0538. The minimum absolute atomic E-state index is 0.303. The van der Waals surface area contributed by atoms with Crippen LogP contribution in [0.5, 0.6) is 0 Å². The maximum Gasteiger partial charge on any atom is 0.349 e. The molecule has 1 aromatic rings. The van der Waals surface area contributed by atoms with Crippen molar-refractivity contribution in [2.75, 3.05) is 12.4 Å². The van der Waals surface area contributed by atoms with Gasteiger partial charge in [0.05, 0.1) is 17.2 Å². The Hall–Kier alpha value is -1.92. The monoisotopic (exact) mass is 386 g/mol. The third-order valence-electron chi connectivity index (χ3n) is 3.56. The Morgan fingerprint density at radius 2 is 1.88 bits per heavy atom. The lowest BCUT2D eigenvalue weighted by Crippen LogP contribution is -2.46. The fourth-order valence-electron chi connectivity index (χ4n) is 2.25. The summed E-state index contributed by atoms with van der Waals surface area (Å²) >= 11 is 11.8. The zero-order chi connectivity index (χ0) is 18.8. The highest BCUT2D eigenvalue weighted by Crippen LogP contribution is 2.33. The maximum atomic E-state index is 12.2. The third-order valence-corrected chi connectivity index (χ3v) is 4.30. The molecule has 1 aliphatic rings. The smallest absolute Gasteiger partial charge is 0.349 e. The second-order valence-corrected chi connectivity index (χ2v) is 7.41. The average Bonchev–Trinajstić information content (AvgIpc) is 2.94. The number of nitrogens with one attached hydrogen (secondary N) is 2. The summed E-state index contributed by atoms with van der Waals surface area (Å²) in [5, 5.41) is 6.05. The lowest BCUT2D eigenvalue weighted by molar-refractivity contribution is -0.151. The highest BCUT2D eigenvalue weighted by atomic mass is 35.5. The molecule has 2 atom stereocenters. The van der Waals surface area contributed by atoms with Crippen molar-refractivity contribution < 1.29 is 19.1 Å². The van der Waals surface area contributed by atoms with Crippen molar-refractivity contribution in [2.45, 2.75) is 32.9 Å². The molecule has 2 unspecified atom stereocenters. The highest BCUT2D eigenvalue weighted by molar-refractivity contribution is 6.42. The summed E-state index contributed by atoms with van der Waals surface area (Å²) in [7, 11) is 1.27. The molecule has 25 heavy (non-hydrogen) atoms. The number of anilines is 1.